The third-order valence-electron chi connectivity index (χ3n) is 3.59. The maximum absolute atomic E-state index is 12.7. The molecule has 0 amide bonds. The first-order valence-electron chi connectivity index (χ1n) is 8.26. The van der Waals surface area contributed by atoms with Crippen molar-refractivity contribution in [2.24, 2.45) is 5.92 Å². The van der Waals surface area contributed by atoms with Gasteiger partial charge in [0, 0.05) is 25.0 Å². The van der Waals surface area contributed by atoms with Gasteiger partial charge in [-0.1, -0.05) is 17.8 Å². The Bertz CT molecular complexity index is 726. The Hall–Kier alpha value is -1.65. The Labute approximate surface area is 175 Å². The van der Waals surface area contributed by atoms with Gasteiger partial charge < -0.3 is 9.47 Å². The Morgan fingerprint density at radius 2 is 1.82 bits per heavy atom. The molecule has 0 radical (unpaired) electrons. The number of esters is 1. The van der Waals surface area contributed by atoms with Gasteiger partial charge in [-0.05, 0) is 44.0 Å². The molecule has 7 nitrogen and oxygen atoms in total. The summed E-state index contributed by atoms with van der Waals surface area (Å²) in [6, 6.07) is 3.45. The summed E-state index contributed by atoms with van der Waals surface area (Å²) in [4.78, 5) is 59.6. The molecule has 0 aliphatic carbocycles. The fourth-order valence-corrected chi connectivity index (χ4v) is 4.37. The molecule has 0 saturated carbocycles. The molecule has 1 atom stereocenters. The van der Waals surface area contributed by atoms with Crippen LogP contribution in [0.2, 0.25) is 0 Å². The minimum Gasteiger partial charge on any atom is -0.428 e. The quantitative estimate of drug-likeness (QED) is 0.390. The van der Waals surface area contributed by atoms with Crippen molar-refractivity contribution in [3.05, 3.63) is 22.4 Å². The van der Waals surface area contributed by atoms with Gasteiger partial charge in [-0.3, -0.25) is 19.2 Å². The van der Waals surface area contributed by atoms with Gasteiger partial charge >= 0.3 is 11.3 Å². The summed E-state index contributed by atoms with van der Waals surface area (Å²) in [5, 5.41) is 0.879. The zero-order valence-electron chi connectivity index (χ0n) is 16.0. The van der Waals surface area contributed by atoms with Crippen molar-refractivity contribution in [2.75, 3.05) is 12.5 Å². The minimum absolute atomic E-state index is 0.0552. The topological polar surface area (TPSA) is 104 Å². The molecule has 0 unspecified atom stereocenters. The number of carbonyl (C=O) groups excluding carboxylic acids is 5. The van der Waals surface area contributed by atoms with E-state index >= 15 is 0 Å². The van der Waals surface area contributed by atoms with Gasteiger partial charge in [0.05, 0.1) is 9.62 Å². The molecule has 0 bridgehead atoms. The van der Waals surface area contributed by atoms with E-state index in [4.69, 9.17) is 0 Å². The lowest BCUT2D eigenvalue weighted by Crippen LogP contribution is -2.33. The van der Waals surface area contributed by atoms with E-state index in [1.54, 1.807) is 31.4 Å². The number of hydrogen-bond acceptors (Lipinski definition) is 10. The second-order valence-corrected chi connectivity index (χ2v) is 9.77. The van der Waals surface area contributed by atoms with Crippen LogP contribution in [0.3, 0.4) is 0 Å². The highest BCUT2D eigenvalue weighted by molar-refractivity contribution is 8.16. The van der Waals surface area contributed by atoms with E-state index in [2.05, 4.69) is 9.47 Å². The molecule has 0 aliphatic heterocycles. The first-order chi connectivity index (χ1) is 13.0. The van der Waals surface area contributed by atoms with E-state index in [-0.39, 0.29) is 28.9 Å². The normalized spacial score (nSPS) is 12.1. The third kappa shape index (κ3) is 8.57. The molecule has 1 aromatic rings. The van der Waals surface area contributed by atoms with Gasteiger partial charge in [0.2, 0.25) is 11.9 Å². The number of ether oxygens (including phenoxy) is 2. The second kappa shape index (κ2) is 11.4. The van der Waals surface area contributed by atoms with Crippen LogP contribution in [0.25, 0.3) is 0 Å². The number of rotatable bonds is 10. The molecular formula is C18H22O7S3. The molecule has 1 rings (SSSR count). The highest BCUT2D eigenvalue weighted by atomic mass is 32.2. The Morgan fingerprint density at radius 1 is 1.14 bits per heavy atom. The third-order valence-corrected chi connectivity index (χ3v) is 6.65. The summed E-state index contributed by atoms with van der Waals surface area (Å²) in [6.07, 6.45) is -0.0860. The van der Waals surface area contributed by atoms with Crippen LogP contribution in [-0.2, 0) is 23.9 Å². The van der Waals surface area contributed by atoms with Gasteiger partial charge in [-0.15, -0.1) is 11.3 Å². The largest absolute Gasteiger partial charge is 0.428 e. The maximum Gasteiger partial charge on any atom is 0.370 e. The van der Waals surface area contributed by atoms with Crippen molar-refractivity contribution in [2.45, 2.75) is 38.9 Å². The lowest BCUT2D eigenvalue weighted by Gasteiger charge is -2.23. The summed E-state index contributed by atoms with van der Waals surface area (Å²) in [5.41, 5.74) is 0. The highest BCUT2D eigenvalue weighted by Crippen LogP contribution is 2.33. The van der Waals surface area contributed by atoms with E-state index in [0.717, 1.165) is 23.5 Å². The fraction of sp³-hybridized carbons (Fsp3) is 0.500. The van der Waals surface area contributed by atoms with Crippen molar-refractivity contribution in [3.8, 4) is 0 Å². The molecule has 28 heavy (non-hydrogen) atoms. The van der Waals surface area contributed by atoms with E-state index in [1.165, 1.54) is 25.2 Å². The molecule has 0 aromatic carbocycles. The predicted molar refractivity (Wildman–Crippen MR) is 110 cm³/mol. The summed E-state index contributed by atoms with van der Waals surface area (Å²) in [6.45, 7) is 5.31. The van der Waals surface area contributed by atoms with Crippen LogP contribution in [0.15, 0.2) is 17.5 Å². The smallest absolute Gasteiger partial charge is 0.370 e. The Morgan fingerprint density at radius 3 is 2.36 bits per heavy atom. The van der Waals surface area contributed by atoms with Gasteiger partial charge in [0.15, 0.2) is 0 Å². The van der Waals surface area contributed by atoms with Crippen LogP contribution in [0.4, 0.5) is 4.79 Å². The van der Waals surface area contributed by atoms with Crippen LogP contribution in [-0.4, -0.2) is 45.2 Å². The monoisotopic (exact) mass is 446 g/mol. The van der Waals surface area contributed by atoms with Crippen LogP contribution in [0.5, 0.6) is 0 Å². The molecule has 154 valence electrons. The van der Waals surface area contributed by atoms with Crippen LogP contribution in [0, 0.1) is 5.92 Å². The number of thiophene rings is 1. The van der Waals surface area contributed by atoms with Crippen LogP contribution >= 0.6 is 34.9 Å². The molecule has 1 aromatic heterocycles. The first kappa shape index (κ1) is 24.4. The Kier molecular flexibility index (Phi) is 9.91. The number of carbonyl (C=O) groups is 5. The summed E-state index contributed by atoms with van der Waals surface area (Å²) in [7, 11) is 0. The summed E-state index contributed by atoms with van der Waals surface area (Å²) < 4.78 is 8.18. The fourth-order valence-electron chi connectivity index (χ4n) is 1.89. The molecular weight excluding hydrogens is 424 g/mol. The van der Waals surface area contributed by atoms with Crippen molar-refractivity contribution < 1.29 is 33.4 Å². The van der Waals surface area contributed by atoms with Gasteiger partial charge in [-0.25, -0.2) is 4.79 Å². The standard InChI is InChI=1S/C18H22O7S3/c1-11(19)13(9-27-17(23)25-10-24-12(2)20)8-15(21)18(3,4)28-16(22)14-6-5-7-26-14/h5-7,13H,8-10H2,1-4H3/t13-/m0/s1. The SMILES string of the molecule is CC(=O)OCOC(=O)SC[C@H](CC(=O)C(C)(C)SC(=O)c1cccs1)C(C)=O. The van der Waals surface area contributed by atoms with E-state index in [1.807, 2.05) is 0 Å². The predicted octanol–water partition coefficient (Wildman–Crippen LogP) is 3.95. The minimum atomic E-state index is -1.00. The van der Waals surface area contributed by atoms with Crippen molar-refractivity contribution in [1.29, 1.82) is 0 Å². The van der Waals surface area contributed by atoms with Gasteiger partial charge in [-0.2, -0.15) is 0 Å². The molecule has 0 saturated heterocycles. The van der Waals surface area contributed by atoms with Gasteiger partial charge in [0.25, 0.3) is 0 Å². The Balaban J connectivity index is 2.58. The average molecular weight is 447 g/mol. The number of hydrogen-bond donors (Lipinski definition) is 0. The van der Waals surface area contributed by atoms with Crippen molar-refractivity contribution in [3.63, 3.8) is 0 Å². The zero-order valence-corrected chi connectivity index (χ0v) is 18.5. The average Bonchev–Trinajstić information content (AvgIpc) is 3.12. The lowest BCUT2D eigenvalue weighted by atomic mass is 9.94. The highest BCUT2D eigenvalue weighted by Gasteiger charge is 2.34. The van der Waals surface area contributed by atoms with Crippen molar-refractivity contribution in [1.82, 2.24) is 0 Å². The molecule has 10 heteroatoms. The van der Waals surface area contributed by atoms with Gasteiger partial charge in [0.1, 0.15) is 11.6 Å². The first-order valence-corrected chi connectivity index (χ1v) is 10.9. The van der Waals surface area contributed by atoms with Crippen LogP contribution in [0.1, 0.15) is 43.8 Å². The van der Waals surface area contributed by atoms with Crippen LogP contribution < -0.4 is 0 Å². The zero-order chi connectivity index (χ0) is 21.3. The molecule has 1 heterocycles. The summed E-state index contributed by atoms with van der Waals surface area (Å²) in [5.74, 6) is -1.70. The van der Waals surface area contributed by atoms with Crippen molar-refractivity contribution >= 4 is 62.8 Å². The number of ketones is 2. The summed E-state index contributed by atoms with van der Waals surface area (Å²) >= 11 is 2.95. The molecule has 0 spiro atoms. The molecule has 0 fully saturated rings. The second-order valence-electron chi connectivity index (χ2n) is 6.27. The molecule has 0 N–H and O–H groups in total. The lowest BCUT2D eigenvalue weighted by molar-refractivity contribution is -0.148. The molecule has 0 aliphatic rings. The number of Topliss-reactive ketones (excluding diaryl/α,β-unsaturated/α-hetero) is 2. The van der Waals surface area contributed by atoms with E-state index in [9.17, 15) is 24.0 Å². The van der Waals surface area contributed by atoms with E-state index in [0.29, 0.717) is 4.88 Å². The number of thioether (sulfide) groups is 2. The van der Waals surface area contributed by atoms with E-state index < -0.39 is 28.7 Å². The maximum atomic E-state index is 12.7.